The minimum absolute atomic E-state index is 0.234. The zero-order valence-electron chi connectivity index (χ0n) is 7.49. The first-order valence-corrected chi connectivity index (χ1v) is 4.61. The van der Waals surface area contributed by atoms with Crippen molar-refractivity contribution < 1.29 is 4.92 Å². The molecule has 14 heavy (non-hydrogen) atoms. The number of aromatic nitrogens is 2. The third-order valence-corrected chi connectivity index (χ3v) is 1.90. The number of hydrogen-bond acceptors (Lipinski definition) is 3. The van der Waals surface area contributed by atoms with E-state index in [2.05, 4.69) is 16.5 Å². The van der Waals surface area contributed by atoms with Gasteiger partial charge in [-0.2, -0.15) is 0 Å². The summed E-state index contributed by atoms with van der Waals surface area (Å²) in [4.78, 5) is 16.3. The van der Waals surface area contributed by atoms with Gasteiger partial charge in [0.2, 0.25) is 0 Å². The fourth-order valence-corrected chi connectivity index (χ4v) is 1.31. The van der Waals surface area contributed by atoms with Crippen LogP contribution in [0.4, 0.5) is 5.95 Å². The predicted molar refractivity (Wildman–Crippen MR) is 53.6 cm³/mol. The number of halogens is 1. The maximum absolute atomic E-state index is 10.4. The maximum Gasteiger partial charge on any atom is 0.432 e. The van der Waals surface area contributed by atoms with Gasteiger partial charge in [-0.3, -0.25) is 0 Å². The molecule has 0 radical (unpaired) electrons. The molecule has 0 aliphatic carbocycles. The number of rotatable bonds is 5. The second kappa shape index (κ2) is 4.76. The molecule has 5 nitrogen and oxygen atoms in total. The number of alkyl halides is 1. The second-order valence-corrected chi connectivity index (χ2v) is 3.05. The van der Waals surface area contributed by atoms with Crippen LogP contribution in [-0.2, 0) is 12.8 Å². The zero-order chi connectivity index (χ0) is 10.6. The van der Waals surface area contributed by atoms with Crippen LogP contribution in [0.2, 0.25) is 0 Å². The van der Waals surface area contributed by atoms with Crippen molar-refractivity contribution in [1.29, 1.82) is 0 Å². The SMILES string of the molecule is C=CCc1nc([N+](=O)[O-])[nH]c1CCCl. The van der Waals surface area contributed by atoms with E-state index in [1.54, 1.807) is 6.08 Å². The van der Waals surface area contributed by atoms with E-state index in [0.29, 0.717) is 30.1 Å². The van der Waals surface area contributed by atoms with Crippen molar-refractivity contribution in [3.8, 4) is 0 Å². The van der Waals surface area contributed by atoms with Crippen LogP contribution in [0.5, 0.6) is 0 Å². The van der Waals surface area contributed by atoms with Crippen LogP contribution in [-0.4, -0.2) is 20.8 Å². The number of H-pyrrole nitrogens is 1. The fourth-order valence-electron chi connectivity index (χ4n) is 1.12. The molecular formula is C8H10ClN3O2. The first kappa shape index (κ1) is 10.7. The van der Waals surface area contributed by atoms with Crippen molar-refractivity contribution in [3.63, 3.8) is 0 Å². The predicted octanol–water partition coefficient (Wildman–Crippen LogP) is 1.83. The molecule has 0 spiro atoms. The monoisotopic (exact) mass is 215 g/mol. The Bertz CT molecular complexity index is 348. The van der Waals surface area contributed by atoms with Crippen molar-refractivity contribution in [3.05, 3.63) is 34.2 Å². The van der Waals surface area contributed by atoms with Gasteiger partial charge in [0.25, 0.3) is 0 Å². The normalized spacial score (nSPS) is 10.1. The number of nitro groups is 1. The summed E-state index contributed by atoms with van der Waals surface area (Å²) in [5, 5.41) is 10.4. The number of nitrogens with zero attached hydrogens (tertiary/aromatic N) is 2. The van der Waals surface area contributed by atoms with Gasteiger partial charge in [0.1, 0.15) is 5.69 Å². The Labute approximate surface area is 86.0 Å². The molecule has 0 saturated heterocycles. The van der Waals surface area contributed by atoms with Gasteiger partial charge in [-0.25, -0.2) is 4.98 Å². The van der Waals surface area contributed by atoms with Gasteiger partial charge in [-0.1, -0.05) is 11.1 Å². The Balaban J connectivity index is 2.98. The Morgan fingerprint density at radius 3 is 2.93 bits per heavy atom. The third-order valence-electron chi connectivity index (χ3n) is 1.71. The molecular weight excluding hydrogens is 206 g/mol. The number of nitrogens with one attached hydrogen (secondary N) is 1. The minimum Gasteiger partial charge on any atom is -0.390 e. The first-order chi connectivity index (χ1) is 6.69. The average molecular weight is 216 g/mol. The van der Waals surface area contributed by atoms with Gasteiger partial charge < -0.3 is 10.1 Å². The van der Waals surface area contributed by atoms with Crippen LogP contribution < -0.4 is 0 Å². The van der Waals surface area contributed by atoms with Crippen LogP contribution >= 0.6 is 11.6 Å². The molecule has 0 atom stereocenters. The van der Waals surface area contributed by atoms with Crippen LogP contribution in [0.15, 0.2) is 12.7 Å². The molecule has 1 aromatic heterocycles. The van der Waals surface area contributed by atoms with Crippen molar-refractivity contribution in [2.45, 2.75) is 12.8 Å². The molecule has 0 saturated carbocycles. The van der Waals surface area contributed by atoms with E-state index in [4.69, 9.17) is 11.6 Å². The topological polar surface area (TPSA) is 71.8 Å². The molecule has 1 aromatic rings. The number of imidazole rings is 1. The Morgan fingerprint density at radius 1 is 1.71 bits per heavy atom. The molecule has 1 N–H and O–H groups in total. The fraction of sp³-hybridized carbons (Fsp3) is 0.375. The molecule has 0 aromatic carbocycles. The highest BCUT2D eigenvalue weighted by Crippen LogP contribution is 2.13. The molecule has 0 amide bonds. The van der Waals surface area contributed by atoms with Crippen LogP contribution in [0.1, 0.15) is 11.4 Å². The summed E-state index contributed by atoms with van der Waals surface area (Å²) in [6.07, 6.45) is 2.71. The summed E-state index contributed by atoms with van der Waals surface area (Å²) in [6, 6.07) is 0. The Hall–Kier alpha value is -1.36. The van der Waals surface area contributed by atoms with Crippen LogP contribution in [0.3, 0.4) is 0 Å². The Morgan fingerprint density at radius 2 is 2.43 bits per heavy atom. The number of aryl methyl sites for hydroxylation is 1. The van der Waals surface area contributed by atoms with Crippen molar-refractivity contribution in [2.24, 2.45) is 0 Å². The second-order valence-electron chi connectivity index (χ2n) is 2.67. The average Bonchev–Trinajstić information content (AvgIpc) is 2.50. The molecule has 0 aliphatic rings. The molecule has 0 unspecified atom stereocenters. The van der Waals surface area contributed by atoms with E-state index >= 15 is 0 Å². The number of aromatic amines is 1. The highest BCUT2D eigenvalue weighted by molar-refractivity contribution is 6.17. The first-order valence-electron chi connectivity index (χ1n) is 4.08. The zero-order valence-corrected chi connectivity index (χ0v) is 8.25. The summed E-state index contributed by atoms with van der Waals surface area (Å²) in [6.45, 7) is 3.55. The van der Waals surface area contributed by atoms with Gasteiger partial charge in [0.15, 0.2) is 5.69 Å². The standard InChI is InChI=1S/C8H10ClN3O2/c1-2-3-6-7(4-5-9)11-8(10-6)12(13)14/h2H,1,3-5H2,(H,10,11). The van der Waals surface area contributed by atoms with E-state index in [-0.39, 0.29) is 5.95 Å². The van der Waals surface area contributed by atoms with Crippen LogP contribution in [0.25, 0.3) is 0 Å². The lowest BCUT2D eigenvalue weighted by Gasteiger charge is -1.89. The lowest BCUT2D eigenvalue weighted by atomic mass is 10.2. The van der Waals surface area contributed by atoms with Gasteiger partial charge in [-0.05, 0) is 4.92 Å². The minimum atomic E-state index is -0.551. The molecule has 0 aliphatic heterocycles. The molecule has 1 rings (SSSR count). The number of hydrogen-bond donors (Lipinski definition) is 1. The lowest BCUT2D eigenvalue weighted by Crippen LogP contribution is -1.92. The Kier molecular flexibility index (Phi) is 3.64. The van der Waals surface area contributed by atoms with Crippen molar-refractivity contribution in [2.75, 3.05) is 5.88 Å². The smallest absolute Gasteiger partial charge is 0.390 e. The van der Waals surface area contributed by atoms with E-state index in [1.165, 1.54) is 0 Å². The molecule has 0 bridgehead atoms. The summed E-state index contributed by atoms with van der Waals surface area (Å²) >= 11 is 5.55. The highest BCUT2D eigenvalue weighted by Gasteiger charge is 2.17. The summed E-state index contributed by atoms with van der Waals surface area (Å²) in [7, 11) is 0. The summed E-state index contributed by atoms with van der Waals surface area (Å²) in [5.41, 5.74) is 1.36. The third kappa shape index (κ3) is 2.32. The van der Waals surface area contributed by atoms with Gasteiger partial charge in [0.05, 0.1) is 0 Å². The molecule has 0 fully saturated rings. The van der Waals surface area contributed by atoms with E-state index in [9.17, 15) is 10.1 Å². The van der Waals surface area contributed by atoms with Gasteiger partial charge in [0, 0.05) is 18.7 Å². The van der Waals surface area contributed by atoms with E-state index < -0.39 is 4.92 Å². The molecule has 1 heterocycles. The van der Waals surface area contributed by atoms with Crippen LogP contribution in [0, 0.1) is 10.1 Å². The summed E-state index contributed by atoms with van der Waals surface area (Å²) < 4.78 is 0. The largest absolute Gasteiger partial charge is 0.432 e. The van der Waals surface area contributed by atoms with Crippen molar-refractivity contribution >= 4 is 17.5 Å². The molecule has 76 valence electrons. The maximum atomic E-state index is 10.4. The lowest BCUT2D eigenvalue weighted by molar-refractivity contribution is -0.393. The highest BCUT2D eigenvalue weighted by atomic mass is 35.5. The molecule has 6 heteroatoms. The summed E-state index contributed by atoms with van der Waals surface area (Å²) in [5.74, 6) is 0.172. The van der Waals surface area contributed by atoms with E-state index in [0.717, 1.165) is 0 Å². The van der Waals surface area contributed by atoms with Gasteiger partial charge in [-0.15, -0.1) is 18.2 Å². The number of allylic oxidation sites excluding steroid dienone is 1. The van der Waals surface area contributed by atoms with E-state index in [1.807, 2.05) is 0 Å². The quantitative estimate of drug-likeness (QED) is 0.353. The van der Waals surface area contributed by atoms with Gasteiger partial charge >= 0.3 is 5.95 Å². The van der Waals surface area contributed by atoms with Crippen molar-refractivity contribution in [1.82, 2.24) is 9.97 Å².